The molecule has 0 fully saturated rings. The predicted octanol–water partition coefficient (Wildman–Crippen LogP) is 3.84. The van der Waals surface area contributed by atoms with Crippen LogP contribution in [-0.4, -0.2) is 39.2 Å². The Labute approximate surface area is 174 Å². The molecule has 156 valence electrons. The lowest BCUT2D eigenvalue weighted by molar-refractivity contribution is -0.142. The maximum atomic E-state index is 12.6. The highest BCUT2D eigenvalue weighted by Crippen LogP contribution is 2.49. The van der Waals surface area contributed by atoms with Crippen LogP contribution in [-0.2, 0) is 35.7 Å². The van der Waals surface area contributed by atoms with Crippen LogP contribution in [0.15, 0.2) is 48.5 Å². The summed E-state index contributed by atoms with van der Waals surface area (Å²) in [5.74, 6) is -1.02. The lowest BCUT2D eigenvalue weighted by atomic mass is 10.0. The molecule has 29 heavy (non-hydrogen) atoms. The minimum atomic E-state index is -3.20. The zero-order valence-corrected chi connectivity index (χ0v) is 18.0. The van der Waals surface area contributed by atoms with E-state index < -0.39 is 25.5 Å². The molecule has 0 radical (unpaired) electrons. The first-order valence-corrected chi connectivity index (χ1v) is 10.8. The van der Waals surface area contributed by atoms with Gasteiger partial charge in [-0.3, -0.25) is 9.36 Å². The number of hydrogen-bond donors (Lipinski definition) is 1. The Balaban J connectivity index is 2.12. The Kier molecular flexibility index (Phi) is 8.41. The molecule has 0 saturated heterocycles. The minimum Gasteiger partial charge on any atom is -0.467 e. The van der Waals surface area contributed by atoms with Crippen LogP contribution in [0.5, 0.6) is 0 Å². The molecule has 7 nitrogen and oxygen atoms in total. The lowest BCUT2D eigenvalue weighted by Crippen LogP contribution is -2.43. The highest BCUT2D eigenvalue weighted by atomic mass is 35.5. The number of carbonyl (C=O) groups excluding carboxylic acids is 2. The summed E-state index contributed by atoms with van der Waals surface area (Å²) < 4.78 is 26.8. The van der Waals surface area contributed by atoms with Crippen LogP contribution in [0.1, 0.15) is 21.5 Å². The lowest BCUT2D eigenvalue weighted by Gasteiger charge is -2.17. The highest BCUT2D eigenvalue weighted by molar-refractivity contribution is 7.52. The third-order valence-corrected chi connectivity index (χ3v) is 6.56. The van der Waals surface area contributed by atoms with Gasteiger partial charge in [0.2, 0.25) is 0 Å². The summed E-state index contributed by atoms with van der Waals surface area (Å²) in [7, 11) is 0.692. The monoisotopic (exact) mass is 439 g/mol. The normalized spacial score (nSPS) is 12.3. The summed E-state index contributed by atoms with van der Waals surface area (Å²) in [4.78, 5) is 24.7. The van der Waals surface area contributed by atoms with Crippen LogP contribution < -0.4 is 5.32 Å². The van der Waals surface area contributed by atoms with Crippen LogP contribution in [0.2, 0.25) is 5.02 Å². The Morgan fingerprint density at radius 2 is 1.66 bits per heavy atom. The number of ether oxygens (including phenoxy) is 1. The quantitative estimate of drug-likeness (QED) is 0.471. The molecule has 9 heteroatoms. The fraction of sp³-hybridized carbons (Fsp3) is 0.300. The first kappa shape index (κ1) is 23.1. The van der Waals surface area contributed by atoms with E-state index in [9.17, 15) is 14.2 Å². The van der Waals surface area contributed by atoms with Crippen LogP contribution in [0.3, 0.4) is 0 Å². The predicted molar refractivity (Wildman–Crippen MR) is 110 cm³/mol. The van der Waals surface area contributed by atoms with Crippen molar-refractivity contribution in [1.29, 1.82) is 0 Å². The van der Waals surface area contributed by atoms with Crippen molar-refractivity contribution in [1.82, 2.24) is 5.32 Å². The maximum absolute atomic E-state index is 12.6. The van der Waals surface area contributed by atoms with E-state index in [2.05, 4.69) is 5.32 Å². The van der Waals surface area contributed by atoms with Gasteiger partial charge >= 0.3 is 13.6 Å². The van der Waals surface area contributed by atoms with Gasteiger partial charge in [0.25, 0.3) is 5.91 Å². The van der Waals surface area contributed by atoms with Crippen molar-refractivity contribution in [2.75, 3.05) is 21.3 Å². The average molecular weight is 440 g/mol. The second-order valence-electron chi connectivity index (χ2n) is 6.18. The molecule has 1 N–H and O–H groups in total. The first-order chi connectivity index (χ1) is 13.8. The van der Waals surface area contributed by atoms with Gasteiger partial charge in [-0.25, -0.2) is 4.79 Å². The number of carbonyl (C=O) groups is 2. The largest absolute Gasteiger partial charge is 0.467 e. The van der Waals surface area contributed by atoms with E-state index in [-0.39, 0.29) is 12.6 Å². The highest BCUT2D eigenvalue weighted by Gasteiger charge is 2.24. The van der Waals surface area contributed by atoms with Gasteiger partial charge in [-0.05, 0) is 29.3 Å². The first-order valence-electron chi connectivity index (χ1n) is 8.73. The SMILES string of the molecule is COC(=O)[C@H](Cc1ccccc1Cl)NC(=O)c1ccc(CP(=O)(OC)OC)cc1. The topological polar surface area (TPSA) is 90.9 Å². The van der Waals surface area contributed by atoms with Crippen LogP contribution >= 0.6 is 19.2 Å². The Morgan fingerprint density at radius 3 is 2.21 bits per heavy atom. The number of halogens is 1. The third-order valence-electron chi connectivity index (χ3n) is 4.32. The number of methoxy groups -OCH3 is 1. The number of hydrogen-bond acceptors (Lipinski definition) is 6. The molecular formula is C20H23ClNO6P. The van der Waals surface area contributed by atoms with Crippen LogP contribution in [0.4, 0.5) is 0 Å². The van der Waals surface area contributed by atoms with Gasteiger partial charge in [0.1, 0.15) is 6.04 Å². The van der Waals surface area contributed by atoms with Crippen molar-refractivity contribution in [3.05, 3.63) is 70.2 Å². The van der Waals surface area contributed by atoms with Crippen LogP contribution in [0.25, 0.3) is 0 Å². The molecule has 0 aliphatic carbocycles. The number of amides is 1. The van der Waals surface area contributed by atoms with Gasteiger partial charge in [-0.1, -0.05) is 41.9 Å². The van der Waals surface area contributed by atoms with Gasteiger partial charge in [0.05, 0.1) is 13.3 Å². The molecule has 0 aromatic heterocycles. The zero-order chi connectivity index (χ0) is 21.4. The van der Waals surface area contributed by atoms with Gasteiger partial charge in [0, 0.05) is 31.2 Å². The number of esters is 1. The molecule has 0 aliphatic rings. The van der Waals surface area contributed by atoms with Crippen molar-refractivity contribution in [3.8, 4) is 0 Å². The second-order valence-corrected chi connectivity index (χ2v) is 8.85. The van der Waals surface area contributed by atoms with Gasteiger partial charge in [-0.15, -0.1) is 0 Å². The van der Waals surface area contributed by atoms with Gasteiger partial charge < -0.3 is 19.1 Å². The van der Waals surface area contributed by atoms with Crippen molar-refractivity contribution in [3.63, 3.8) is 0 Å². The third kappa shape index (κ3) is 6.41. The van der Waals surface area contributed by atoms with Crippen molar-refractivity contribution in [2.45, 2.75) is 18.6 Å². The van der Waals surface area contributed by atoms with E-state index in [0.717, 1.165) is 5.56 Å². The van der Waals surface area contributed by atoms with Gasteiger partial charge in [0.15, 0.2) is 0 Å². The second kappa shape index (κ2) is 10.6. The molecule has 2 rings (SSSR count). The molecule has 1 atom stereocenters. The summed E-state index contributed by atoms with van der Waals surface area (Å²) in [6.07, 6.45) is 0.278. The van der Waals surface area contributed by atoms with Crippen LogP contribution in [0, 0.1) is 0 Å². The standard InChI is InChI=1S/C20H23ClNO6P/c1-26-20(24)18(12-16-6-4-5-7-17(16)21)22-19(23)15-10-8-14(9-11-15)13-29(25,27-2)28-3/h4-11,18H,12-13H2,1-3H3,(H,22,23)/t18-/m0/s1. The molecule has 2 aromatic carbocycles. The van der Waals surface area contributed by atoms with Crippen molar-refractivity contribution >= 4 is 31.1 Å². The number of nitrogens with one attached hydrogen (secondary N) is 1. The molecule has 2 aromatic rings. The molecule has 1 amide bonds. The Hall–Kier alpha value is -2.18. The van der Waals surface area contributed by atoms with E-state index in [1.165, 1.54) is 21.3 Å². The fourth-order valence-electron chi connectivity index (χ4n) is 2.65. The minimum absolute atomic E-state index is 0.0825. The maximum Gasteiger partial charge on any atom is 0.334 e. The van der Waals surface area contributed by atoms with E-state index in [1.54, 1.807) is 48.5 Å². The number of rotatable bonds is 9. The summed E-state index contributed by atoms with van der Waals surface area (Å²) in [6, 6.07) is 12.6. The average Bonchev–Trinajstić information content (AvgIpc) is 2.74. The van der Waals surface area contributed by atoms with E-state index in [0.29, 0.717) is 16.1 Å². The molecule has 0 aliphatic heterocycles. The molecular weight excluding hydrogens is 417 g/mol. The van der Waals surface area contributed by atoms with Crippen molar-refractivity contribution < 1.29 is 27.9 Å². The molecule has 0 unspecified atom stereocenters. The van der Waals surface area contributed by atoms with E-state index >= 15 is 0 Å². The summed E-state index contributed by atoms with van der Waals surface area (Å²) in [5.41, 5.74) is 1.75. The smallest absolute Gasteiger partial charge is 0.334 e. The molecule has 0 saturated carbocycles. The Morgan fingerprint density at radius 1 is 1.03 bits per heavy atom. The summed E-state index contributed by atoms with van der Waals surface area (Å²) in [5, 5.41) is 3.17. The van der Waals surface area contributed by atoms with E-state index in [1.807, 2.05) is 0 Å². The molecule has 0 bridgehead atoms. The molecule has 0 heterocycles. The fourth-order valence-corrected chi connectivity index (χ4v) is 3.93. The zero-order valence-electron chi connectivity index (χ0n) is 16.4. The van der Waals surface area contributed by atoms with Gasteiger partial charge in [-0.2, -0.15) is 0 Å². The molecule has 0 spiro atoms. The van der Waals surface area contributed by atoms with Crippen molar-refractivity contribution in [2.24, 2.45) is 0 Å². The van der Waals surface area contributed by atoms with E-state index in [4.69, 9.17) is 25.4 Å². The Bertz CT molecular complexity index is 894. The summed E-state index contributed by atoms with van der Waals surface area (Å²) >= 11 is 6.16. The summed E-state index contributed by atoms with van der Waals surface area (Å²) in [6.45, 7) is 0. The number of benzene rings is 2.